The van der Waals surface area contributed by atoms with Crippen molar-refractivity contribution in [3.8, 4) is 23.0 Å². The predicted molar refractivity (Wildman–Crippen MR) is 104 cm³/mol. The second-order valence-corrected chi connectivity index (χ2v) is 7.35. The van der Waals surface area contributed by atoms with Crippen LogP contribution in [0.4, 0.5) is 0 Å². The highest BCUT2D eigenvalue weighted by Crippen LogP contribution is 2.35. The molecule has 2 aliphatic rings. The van der Waals surface area contributed by atoms with Gasteiger partial charge in [-0.2, -0.15) is 0 Å². The molecular weight excluding hydrogens is 358 g/mol. The van der Waals surface area contributed by atoms with Crippen LogP contribution in [0.25, 0.3) is 0 Å². The highest BCUT2D eigenvalue weighted by molar-refractivity contribution is 5.82. The molecule has 0 aliphatic carbocycles. The molecule has 0 bridgehead atoms. The van der Waals surface area contributed by atoms with Gasteiger partial charge >= 0.3 is 0 Å². The molecule has 0 fully saturated rings. The van der Waals surface area contributed by atoms with Crippen molar-refractivity contribution < 1.29 is 23.7 Å². The number of amides is 1. The molecule has 2 aliphatic heterocycles. The average Bonchev–Trinajstić information content (AvgIpc) is 2.96. The smallest absolute Gasteiger partial charge is 0.265 e. The Balaban J connectivity index is 1.50. The number of nitrogens with one attached hydrogen (secondary N) is 1. The van der Waals surface area contributed by atoms with E-state index in [2.05, 4.69) is 19.2 Å². The van der Waals surface area contributed by atoms with Crippen molar-refractivity contribution in [1.82, 2.24) is 5.32 Å². The molecule has 0 radical (unpaired) electrons. The third-order valence-electron chi connectivity index (χ3n) is 4.90. The number of hydrogen-bond donors (Lipinski definition) is 1. The van der Waals surface area contributed by atoms with E-state index in [1.807, 2.05) is 36.4 Å². The van der Waals surface area contributed by atoms with Crippen LogP contribution in [-0.2, 0) is 4.79 Å². The molecule has 1 amide bonds. The number of rotatable bonds is 4. The van der Waals surface area contributed by atoms with E-state index in [4.69, 9.17) is 18.9 Å². The molecule has 2 aromatic carbocycles. The summed E-state index contributed by atoms with van der Waals surface area (Å²) in [5, 5.41) is 3.12. The van der Waals surface area contributed by atoms with Crippen molar-refractivity contribution in [1.29, 1.82) is 0 Å². The molecule has 0 aromatic heterocycles. The summed E-state index contributed by atoms with van der Waals surface area (Å²) in [5.74, 6) is 2.71. The summed E-state index contributed by atoms with van der Waals surface area (Å²) in [6.45, 7) is 5.61. The molecular formula is C22H25NO5. The van der Waals surface area contributed by atoms with Gasteiger partial charge in [-0.1, -0.05) is 32.0 Å². The number of ether oxygens (including phenoxy) is 4. The minimum Gasteiger partial charge on any atom is -0.490 e. The van der Waals surface area contributed by atoms with Gasteiger partial charge in [-0.3, -0.25) is 4.79 Å². The zero-order chi connectivity index (χ0) is 19.5. The standard InChI is InChI=1S/C22H25NO5/c1-14(2)21(15-8-9-17-19(12-15)26-11-5-10-25-17)23-22(24)20-13-27-16-6-3-4-7-18(16)28-20/h3-4,6-9,12,14,20-21H,5,10-11,13H2,1-2H3,(H,23,24)/t20-,21-/m1/s1. The molecule has 28 heavy (non-hydrogen) atoms. The third kappa shape index (κ3) is 3.86. The summed E-state index contributed by atoms with van der Waals surface area (Å²) >= 11 is 0. The van der Waals surface area contributed by atoms with E-state index in [1.54, 1.807) is 6.07 Å². The fraction of sp³-hybridized carbons (Fsp3) is 0.409. The first-order chi connectivity index (χ1) is 13.6. The second-order valence-electron chi connectivity index (χ2n) is 7.35. The summed E-state index contributed by atoms with van der Waals surface area (Å²) in [6.07, 6.45) is 0.172. The summed E-state index contributed by atoms with van der Waals surface area (Å²) in [4.78, 5) is 12.9. The van der Waals surface area contributed by atoms with Crippen molar-refractivity contribution in [3.05, 3.63) is 48.0 Å². The SMILES string of the molecule is CC(C)[C@@H](NC(=O)[C@H]1COc2ccccc2O1)c1ccc2c(c1)OCCCO2. The van der Waals surface area contributed by atoms with Crippen molar-refractivity contribution in [2.45, 2.75) is 32.4 Å². The van der Waals surface area contributed by atoms with Crippen molar-refractivity contribution >= 4 is 5.91 Å². The van der Waals surface area contributed by atoms with Crippen molar-refractivity contribution in [2.24, 2.45) is 5.92 Å². The zero-order valence-electron chi connectivity index (χ0n) is 16.1. The van der Waals surface area contributed by atoms with Gasteiger partial charge in [0.1, 0.15) is 6.61 Å². The van der Waals surface area contributed by atoms with Gasteiger partial charge in [-0.25, -0.2) is 0 Å². The first-order valence-electron chi connectivity index (χ1n) is 9.70. The van der Waals surface area contributed by atoms with Gasteiger partial charge in [0.2, 0.25) is 6.10 Å². The number of carbonyl (C=O) groups excluding carboxylic acids is 1. The number of para-hydroxylation sites is 2. The maximum atomic E-state index is 12.9. The molecule has 2 atom stereocenters. The molecule has 0 saturated carbocycles. The van der Waals surface area contributed by atoms with E-state index in [0.717, 1.165) is 23.5 Å². The fourth-order valence-corrected chi connectivity index (χ4v) is 3.40. The van der Waals surface area contributed by atoms with Crippen LogP contribution in [0.3, 0.4) is 0 Å². The Morgan fingerprint density at radius 1 is 0.964 bits per heavy atom. The van der Waals surface area contributed by atoms with Crippen LogP contribution >= 0.6 is 0 Å². The lowest BCUT2D eigenvalue weighted by molar-refractivity contribution is -0.131. The number of fused-ring (bicyclic) bond motifs is 2. The van der Waals surface area contributed by atoms with Gasteiger partial charge in [0.15, 0.2) is 23.0 Å². The molecule has 4 rings (SSSR count). The van der Waals surface area contributed by atoms with Crippen LogP contribution in [0.5, 0.6) is 23.0 Å². The maximum Gasteiger partial charge on any atom is 0.265 e. The van der Waals surface area contributed by atoms with E-state index in [1.165, 1.54) is 0 Å². The van der Waals surface area contributed by atoms with E-state index in [0.29, 0.717) is 24.7 Å². The Labute approximate surface area is 164 Å². The number of carbonyl (C=O) groups is 1. The molecule has 6 heteroatoms. The largest absolute Gasteiger partial charge is 0.490 e. The topological polar surface area (TPSA) is 66.0 Å². The van der Waals surface area contributed by atoms with Gasteiger partial charge in [-0.05, 0) is 35.7 Å². The van der Waals surface area contributed by atoms with Gasteiger partial charge in [-0.15, -0.1) is 0 Å². The van der Waals surface area contributed by atoms with E-state index in [9.17, 15) is 4.79 Å². The van der Waals surface area contributed by atoms with Gasteiger partial charge < -0.3 is 24.3 Å². The van der Waals surface area contributed by atoms with Crippen LogP contribution in [-0.4, -0.2) is 31.8 Å². The van der Waals surface area contributed by atoms with Gasteiger partial charge in [0, 0.05) is 6.42 Å². The second kappa shape index (κ2) is 8.00. The van der Waals surface area contributed by atoms with Crippen LogP contribution < -0.4 is 24.3 Å². The highest BCUT2D eigenvalue weighted by atomic mass is 16.6. The van der Waals surface area contributed by atoms with Crippen LogP contribution in [0.2, 0.25) is 0 Å². The molecule has 0 spiro atoms. The minimum absolute atomic E-state index is 0.176. The van der Waals surface area contributed by atoms with Crippen LogP contribution in [0, 0.1) is 5.92 Å². The summed E-state index contributed by atoms with van der Waals surface area (Å²) in [6, 6.07) is 13.0. The van der Waals surface area contributed by atoms with Crippen LogP contribution in [0.1, 0.15) is 31.9 Å². The Morgan fingerprint density at radius 2 is 1.68 bits per heavy atom. The molecule has 1 N–H and O–H groups in total. The molecule has 0 saturated heterocycles. The Bertz CT molecular complexity index is 851. The zero-order valence-corrected chi connectivity index (χ0v) is 16.1. The average molecular weight is 383 g/mol. The predicted octanol–water partition coefficient (Wildman–Crippen LogP) is 3.50. The summed E-state index contributed by atoms with van der Waals surface area (Å²) < 4.78 is 23.0. The monoisotopic (exact) mass is 383 g/mol. The van der Waals surface area contributed by atoms with Crippen molar-refractivity contribution in [3.63, 3.8) is 0 Å². The summed E-state index contributed by atoms with van der Waals surface area (Å²) in [5.41, 5.74) is 0.977. The number of benzene rings is 2. The molecule has 6 nitrogen and oxygen atoms in total. The first-order valence-corrected chi connectivity index (χ1v) is 9.70. The molecule has 2 aromatic rings. The third-order valence-corrected chi connectivity index (χ3v) is 4.90. The summed E-state index contributed by atoms with van der Waals surface area (Å²) in [7, 11) is 0. The number of hydrogen-bond acceptors (Lipinski definition) is 5. The first kappa shape index (κ1) is 18.5. The van der Waals surface area contributed by atoms with Crippen LogP contribution in [0.15, 0.2) is 42.5 Å². The van der Waals surface area contributed by atoms with Gasteiger partial charge in [0.05, 0.1) is 19.3 Å². The molecule has 148 valence electrons. The molecule has 0 unspecified atom stereocenters. The lowest BCUT2D eigenvalue weighted by Crippen LogP contribution is -2.46. The van der Waals surface area contributed by atoms with E-state index >= 15 is 0 Å². The molecule has 2 heterocycles. The van der Waals surface area contributed by atoms with Crippen molar-refractivity contribution in [2.75, 3.05) is 19.8 Å². The highest BCUT2D eigenvalue weighted by Gasteiger charge is 2.30. The quantitative estimate of drug-likeness (QED) is 0.875. The van der Waals surface area contributed by atoms with E-state index in [-0.39, 0.29) is 24.5 Å². The fourth-order valence-electron chi connectivity index (χ4n) is 3.40. The normalized spacial score (nSPS) is 18.9. The minimum atomic E-state index is -0.684. The van der Waals surface area contributed by atoms with Gasteiger partial charge in [0.25, 0.3) is 5.91 Å². The lowest BCUT2D eigenvalue weighted by Gasteiger charge is -2.29. The maximum absolute atomic E-state index is 12.9. The lowest BCUT2D eigenvalue weighted by atomic mass is 9.95. The Morgan fingerprint density at radius 3 is 2.46 bits per heavy atom. The van der Waals surface area contributed by atoms with E-state index < -0.39 is 6.10 Å². The Hall–Kier alpha value is -2.89. The Kier molecular flexibility index (Phi) is 5.28.